The van der Waals surface area contributed by atoms with Gasteiger partial charge in [0, 0.05) is 12.0 Å². The highest BCUT2D eigenvalue weighted by atomic mass is 35.5. The van der Waals surface area contributed by atoms with Gasteiger partial charge >= 0.3 is 0 Å². The van der Waals surface area contributed by atoms with Crippen molar-refractivity contribution in [3.8, 4) is 0 Å². The topological polar surface area (TPSA) is 21.3 Å². The van der Waals surface area contributed by atoms with Gasteiger partial charge in [-0.3, -0.25) is 0 Å². The summed E-state index contributed by atoms with van der Waals surface area (Å²) in [6, 6.07) is 5.25. The van der Waals surface area contributed by atoms with E-state index in [4.69, 9.17) is 16.3 Å². The van der Waals surface area contributed by atoms with Crippen LogP contribution in [0, 0.1) is 11.7 Å². The van der Waals surface area contributed by atoms with E-state index in [1.54, 1.807) is 6.07 Å². The summed E-state index contributed by atoms with van der Waals surface area (Å²) in [4.78, 5) is 0. The van der Waals surface area contributed by atoms with Crippen molar-refractivity contribution in [3.05, 3.63) is 34.6 Å². The maximum atomic E-state index is 13.4. The second-order valence-corrected chi connectivity index (χ2v) is 5.33. The van der Waals surface area contributed by atoms with Gasteiger partial charge in [0.15, 0.2) is 0 Å². The molecule has 100 valence electrons. The first-order valence-electron chi connectivity index (χ1n) is 6.33. The van der Waals surface area contributed by atoms with Gasteiger partial charge in [-0.15, -0.1) is 0 Å². The summed E-state index contributed by atoms with van der Waals surface area (Å²) in [6.45, 7) is 2.85. The van der Waals surface area contributed by atoms with Gasteiger partial charge in [0.05, 0.1) is 17.7 Å². The molecule has 1 aliphatic heterocycles. The molecular weight excluding hydrogens is 253 g/mol. The van der Waals surface area contributed by atoms with E-state index >= 15 is 0 Å². The predicted octanol–water partition coefficient (Wildman–Crippen LogP) is 3.03. The van der Waals surface area contributed by atoms with E-state index in [0.717, 1.165) is 25.0 Å². The Kier molecular flexibility index (Phi) is 4.60. The van der Waals surface area contributed by atoms with Crippen molar-refractivity contribution in [3.63, 3.8) is 0 Å². The molecule has 2 nitrogen and oxygen atoms in total. The number of ether oxygens (including phenoxy) is 1. The molecule has 0 saturated carbocycles. The van der Waals surface area contributed by atoms with E-state index in [0.29, 0.717) is 12.0 Å². The lowest BCUT2D eigenvalue weighted by atomic mass is 9.91. The quantitative estimate of drug-likeness (QED) is 0.909. The number of benzene rings is 1. The van der Waals surface area contributed by atoms with Gasteiger partial charge in [0.1, 0.15) is 5.82 Å². The summed E-state index contributed by atoms with van der Waals surface area (Å²) in [7, 11) is 1.93. The molecule has 1 saturated heterocycles. The SMILES string of the molecule is CNC(Cc1cccc(F)c1Cl)C1COC(C)C1. The molecule has 0 aromatic heterocycles. The molecule has 1 aromatic carbocycles. The monoisotopic (exact) mass is 271 g/mol. The molecule has 1 aromatic rings. The Morgan fingerprint density at radius 1 is 1.56 bits per heavy atom. The van der Waals surface area contributed by atoms with Crippen LogP contribution in [0.25, 0.3) is 0 Å². The lowest BCUT2D eigenvalue weighted by molar-refractivity contribution is 0.117. The van der Waals surface area contributed by atoms with Crippen molar-refractivity contribution in [2.24, 2.45) is 5.92 Å². The van der Waals surface area contributed by atoms with Gasteiger partial charge in [-0.1, -0.05) is 23.7 Å². The average Bonchev–Trinajstić information content (AvgIpc) is 2.78. The minimum absolute atomic E-state index is 0.240. The zero-order valence-electron chi connectivity index (χ0n) is 10.7. The van der Waals surface area contributed by atoms with Crippen molar-refractivity contribution in [2.75, 3.05) is 13.7 Å². The molecule has 0 bridgehead atoms. The molecule has 1 fully saturated rings. The summed E-state index contributed by atoms with van der Waals surface area (Å²) in [6.07, 6.45) is 2.08. The molecule has 3 unspecified atom stereocenters. The van der Waals surface area contributed by atoms with Crippen molar-refractivity contribution in [1.29, 1.82) is 0 Å². The second kappa shape index (κ2) is 6.00. The van der Waals surface area contributed by atoms with Crippen molar-refractivity contribution < 1.29 is 9.13 Å². The highest BCUT2D eigenvalue weighted by Crippen LogP contribution is 2.27. The third kappa shape index (κ3) is 3.02. The van der Waals surface area contributed by atoms with Gasteiger partial charge in [-0.05, 0) is 38.4 Å². The number of halogens is 2. The van der Waals surface area contributed by atoms with Crippen molar-refractivity contribution in [1.82, 2.24) is 5.32 Å². The molecule has 1 N–H and O–H groups in total. The van der Waals surface area contributed by atoms with Crippen LogP contribution >= 0.6 is 11.6 Å². The van der Waals surface area contributed by atoms with E-state index in [1.165, 1.54) is 6.07 Å². The van der Waals surface area contributed by atoms with Crippen molar-refractivity contribution in [2.45, 2.75) is 31.9 Å². The Labute approximate surface area is 112 Å². The Hall–Kier alpha value is -0.640. The smallest absolute Gasteiger partial charge is 0.142 e. The van der Waals surface area contributed by atoms with Crippen LogP contribution in [0.4, 0.5) is 4.39 Å². The largest absolute Gasteiger partial charge is 0.378 e. The third-order valence-electron chi connectivity index (χ3n) is 3.64. The molecule has 3 atom stereocenters. The van der Waals surface area contributed by atoms with Crippen LogP contribution in [0.3, 0.4) is 0 Å². The molecule has 0 radical (unpaired) electrons. The molecule has 1 aliphatic rings. The van der Waals surface area contributed by atoms with Crippen LogP contribution < -0.4 is 5.32 Å². The number of likely N-dealkylation sites (N-methyl/N-ethyl adjacent to an activating group) is 1. The van der Waals surface area contributed by atoms with Crippen LogP contribution in [-0.2, 0) is 11.2 Å². The first-order chi connectivity index (χ1) is 8.61. The van der Waals surface area contributed by atoms with Crippen LogP contribution in [0.5, 0.6) is 0 Å². The number of nitrogens with one attached hydrogen (secondary N) is 1. The fourth-order valence-corrected chi connectivity index (χ4v) is 2.78. The van der Waals surface area contributed by atoms with E-state index < -0.39 is 0 Å². The van der Waals surface area contributed by atoms with Crippen LogP contribution in [0.15, 0.2) is 18.2 Å². The first kappa shape index (κ1) is 13.8. The van der Waals surface area contributed by atoms with Gasteiger partial charge < -0.3 is 10.1 Å². The van der Waals surface area contributed by atoms with Gasteiger partial charge in [0.25, 0.3) is 0 Å². The second-order valence-electron chi connectivity index (χ2n) is 4.95. The zero-order valence-corrected chi connectivity index (χ0v) is 11.5. The summed E-state index contributed by atoms with van der Waals surface area (Å²) < 4.78 is 19.0. The number of hydrogen-bond donors (Lipinski definition) is 1. The molecule has 0 amide bonds. The van der Waals surface area contributed by atoms with E-state index in [-0.39, 0.29) is 16.9 Å². The molecule has 4 heteroatoms. The summed E-state index contributed by atoms with van der Waals surface area (Å²) in [5.74, 6) is 0.115. The molecule has 2 rings (SSSR count). The van der Waals surface area contributed by atoms with Gasteiger partial charge in [-0.25, -0.2) is 4.39 Å². The Bertz CT molecular complexity index is 413. The average molecular weight is 272 g/mol. The minimum atomic E-state index is -0.347. The maximum absolute atomic E-state index is 13.4. The zero-order chi connectivity index (χ0) is 13.1. The Balaban J connectivity index is 2.08. The van der Waals surface area contributed by atoms with Crippen LogP contribution in [0.2, 0.25) is 5.02 Å². The van der Waals surface area contributed by atoms with Gasteiger partial charge in [0.2, 0.25) is 0 Å². The summed E-state index contributed by atoms with van der Waals surface area (Å²) in [5.41, 5.74) is 0.857. The highest BCUT2D eigenvalue weighted by Gasteiger charge is 2.29. The number of rotatable bonds is 4. The summed E-state index contributed by atoms with van der Waals surface area (Å²) in [5, 5.41) is 3.54. The molecule has 0 spiro atoms. The van der Waals surface area contributed by atoms with Gasteiger partial charge in [-0.2, -0.15) is 0 Å². The maximum Gasteiger partial charge on any atom is 0.142 e. The predicted molar refractivity (Wildman–Crippen MR) is 71.5 cm³/mol. The normalized spacial score (nSPS) is 25.3. The third-order valence-corrected chi connectivity index (χ3v) is 4.06. The van der Waals surface area contributed by atoms with Crippen molar-refractivity contribution >= 4 is 11.6 Å². The number of hydrogen-bond acceptors (Lipinski definition) is 2. The van der Waals surface area contributed by atoms with E-state index in [1.807, 2.05) is 13.1 Å². The Morgan fingerprint density at radius 3 is 2.94 bits per heavy atom. The van der Waals surface area contributed by atoms with E-state index in [2.05, 4.69) is 12.2 Å². The molecule has 0 aliphatic carbocycles. The fraction of sp³-hybridized carbons (Fsp3) is 0.571. The fourth-order valence-electron chi connectivity index (χ4n) is 2.58. The van der Waals surface area contributed by atoms with E-state index in [9.17, 15) is 4.39 Å². The Morgan fingerprint density at radius 2 is 2.33 bits per heavy atom. The molecular formula is C14H19ClFNO. The summed E-state index contributed by atoms with van der Waals surface area (Å²) >= 11 is 6.00. The highest BCUT2D eigenvalue weighted by molar-refractivity contribution is 6.31. The first-order valence-corrected chi connectivity index (χ1v) is 6.71. The standard InChI is InChI=1S/C14H19ClFNO/c1-9-6-11(8-18-9)13(17-2)7-10-4-3-5-12(16)14(10)15/h3-5,9,11,13,17H,6-8H2,1-2H3. The molecule has 1 heterocycles. The molecule has 18 heavy (non-hydrogen) atoms. The van der Waals surface area contributed by atoms with Crippen LogP contribution in [-0.4, -0.2) is 25.8 Å². The minimum Gasteiger partial charge on any atom is -0.378 e. The lowest BCUT2D eigenvalue weighted by Crippen LogP contribution is -2.36. The van der Waals surface area contributed by atoms with Crippen LogP contribution in [0.1, 0.15) is 18.9 Å². The lowest BCUT2D eigenvalue weighted by Gasteiger charge is -2.22.